The Morgan fingerprint density at radius 3 is 2.53 bits per heavy atom. The summed E-state index contributed by atoms with van der Waals surface area (Å²) in [5.74, 6) is 0. The number of amides is 1. The number of hydrogen-bond acceptors (Lipinski definition) is 2. The number of nitrogens with zero attached hydrogens (tertiary/aromatic N) is 1. The molecule has 0 aromatic heterocycles. The minimum absolute atomic E-state index is 0.197. The smallest absolute Gasteiger partial charge is 0.407 e. The molecule has 0 aliphatic carbocycles. The van der Waals surface area contributed by atoms with Gasteiger partial charge >= 0.3 is 6.09 Å². The number of rotatable bonds is 4. The first-order valence-electron chi connectivity index (χ1n) is 6.52. The lowest BCUT2D eigenvalue weighted by Gasteiger charge is -2.35. The van der Waals surface area contributed by atoms with Gasteiger partial charge in [0, 0.05) is 18.1 Å². The Labute approximate surface area is 115 Å². The molecule has 0 bridgehead atoms. The minimum atomic E-state index is -0.924. The maximum Gasteiger partial charge on any atom is 0.407 e. The molecule has 1 atom stereocenters. The highest BCUT2D eigenvalue weighted by atomic mass is 16.4. The van der Waals surface area contributed by atoms with E-state index < -0.39 is 11.6 Å². The summed E-state index contributed by atoms with van der Waals surface area (Å²) in [5.41, 5.74) is 7.99. The molecule has 19 heavy (non-hydrogen) atoms. The summed E-state index contributed by atoms with van der Waals surface area (Å²) in [5, 5.41) is 9.24. The van der Waals surface area contributed by atoms with Gasteiger partial charge in [0.15, 0.2) is 0 Å². The quantitative estimate of drug-likeness (QED) is 0.878. The van der Waals surface area contributed by atoms with E-state index in [0.717, 1.165) is 5.56 Å². The summed E-state index contributed by atoms with van der Waals surface area (Å²) < 4.78 is 0. The van der Waals surface area contributed by atoms with Crippen molar-refractivity contribution < 1.29 is 9.90 Å². The Kier molecular flexibility index (Phi) is 4.95. The average molecular weight is 264 g/mol. The minimum Gasteiger partial charge on any atom is -0.465 e. The van der Waals surface area contributed by atoms with E-state index in [2.05, 4.69) is 6.07 Å². The largest absolute Gasteiger partial charge is 0.465 e. The number of benzene rings is 1. The molecule has 0 fully saturated rings. The Balaban J connectivity index is 2.68. The second kappa shape index (κ2) is 6.06. The normalized spacial score (nSPS) is 13.1. The van der Waals surface area contributed by atoms with Gasteiger partial charge < -0.3 is 15.7 Å². The molecule has 0 radical (unpaired) electrons. The molecule has 3 N–H and O–H groups in total. The van der Waals surface area contributed by atoms with E-state index in [1.54, 1.807) is 0 Å². The predicted molar refractivity (Wildman–Crippen MR) is 77.3 cm³/mol. The third kappa shape index (κ3) is 4.91. The molecule has 0 aliphatic rings. The highest BCUT2D eigenvalue weighted by molar-refractivity contribution is 5.66. The lowest BCUT2D eigenvalue weighted by molar-refractivity contribution is 0.0960. The van der Waals surface area contributed by atoms with Crippen LogP contribution in [0.15, 0.2) is 24.3 Å². The fourth-order valence-corrected chi connectivity index (χ4v) is 2.08. The maximum atomic E-state index is 11.3. The molecule has 0 spiro atoms. The first kappa shape index (κ1) is 15.5. The predicted octanol–water partition coefficient (Wildman–Crippen LogP) is 2.64. The fourth-order valence-electron chi connectivity index (χ4n) is 2.08. The molecular formula is C15H24N2O2. The van der Waals surface area contributed by atoms with Crippen molar-refractivity contribution in [2.45, 2.75) is 45.7 Å². The van der Waals surface area contributed by atoms with Crippen molar-refractivity contribution in [1.82, 2.24) is 4.90 Å². The Bertz CT molecular complexity index is 438. The van der Waals surface area contributed by atoms with E-state index in [0.29, 0.717) is 13.0 Å². The summed E-state index contributed by atoms with van der Waals surface area (Å²) in [6.45, 7) is 8.00. The lowest BCUT2D eigenvalue weighted by Crippen LogP contribution is -2.50. The van der Waals surface area contributed by atoms with Crippen molar-refractivity contribution in [3.8, 4) is 0 Å². The van der Waals surface area contributed by atoms with Gasteiger partial charge in [-0.2, -0.15) is 0 Å². The van der Waals surface area contributed by atoms with Gasteiger partial charge in [0.1, 0.15) is 0 Å². The number of carboxylic acid groups (broad SMARTS) is 1. The van der Waals surface area contributed by atoms with Crippen molar-refractivity contribution in [3.63, 3.8) is 0 Å². The van der Waals surface area contributed by atoms with E-state index >= 15 is 0 Å². The van der Waals surface area contributed by atoms with E-state index in [4.69, 9.17) is 5.73 Å². The van der Waals surface area contributed by atoms with Gasteiger partial charge in [-0.25, -0.2) is 4.79 Å². The first-order valence-corrected chi connectivity index (χ1v) is 6.52. The topological polar surface area (TPSA) is 66.6 Å². The average Bonchev–Trinajstić information content (AvgIpc) is 2.24. The molecule has 4 heteroatoms. The van der Waals surface area contributed by atoms with Gasteiger partial charge in [-0.3, -0.25) is 0 Å². The summed E-state index contributed by atoms with van der Waals surface area (Å²) in [6, 6.07) is 7.94. The van der Waals surface area contributed by atoms with Gasteiger partial charge in [-0.05, 0) is 39.7 Å². The zero-order valence-corrected chi connectivity index (χ0v) is 12.2. The van der Waals surface area contributed by atoms with Crippen LogP contribution in [0.4, 0.5) is 4.79 Å². The van der Waals surface area contributed by atoms with Gasteiger partial charge in [0.2, 0.25) is 0 Å². The number of hydrogen-bond donors (Lipinski definition) is 2. The zero-order valence-electron chi connectivity index (χ0n) is 12.2. The second-order valence-electron chi connectivity index (χ2n) is 6.02. The van der Waals surface area contributed by atoms with E-state index in [-0.39, 0.29) is 6.04 Å². The number of nitrogens with two attached hydrogens (primary N) is 1. The van der Waals surface area contributed by atoms with Gasteiger partial charge in [-0.1, -0.05) is 29.8 Å². The third-order valence-corrected chi connectivity index (χ3v) is 3.04. The van der Waals surface area contributed by atoms with E-state index in [1.165, 1.54) is 10.5 Å². The van der Waals surface area contributed by atoms with Crippen molar-refractivity contribution in [2.75, 3.05) is 6.54 Å². The van der Waals surface area contributed by atoms with Gasteiger partial charge in [0.25, 0.3) is 0 Å². The number of aryl methyl sites for hydroxylation is 1. The Morgan fingerprint density at radius 2 is 2.05 bits per heavy atom. The van der Waals surface area contributed by atoms with Crippen molar-refractivity contribution in [1.29, 1.82) is 0 Å². The van der Waals surface area contributed by atoms with Crippen LogP contribution in [0, 0.1) is 6.92 Å². The summed E-state index contributed by atoms with van der Waals surface area (Å²) >= 11 is 0. The molecule has 0 unspecified atom stereocenters. The molecule has 0 saturated carbocycles. The summed E-state index contributed by atoms with van der Waals surface area (Å²) in [7, 11) is 0. The molecule has 1 rings (SSSR count). The van der Waals surface area contributed by atoms with Gasteiger partial charge in [-0.15, -0.1) is 0 Å². The fraction of sp³-hybridized carbons (Fsp3) is 0.533. The summed E-state index contributed by atoms with van der Waals surface area (Å²) in [6.07, 6.45) is -0.242. The van der Waals surface area contributed by atoms with E-state index in [1.807, 2.05) is 45.9 Å². The van der Waals surface area contributed by atoms with Crippen LogP contribution in [0.2, 0.25) is 0 Å². The van der Waals surface area contributed by atoms with Crippen LogP contribution in [-0.4, -0.2) is 34.2 Å². The standard InChI is InChI=1S/C15H24N2O2/c1-11-6-5-7-12(8-11)9-13(16)10-17(14(18)19)15(2,3)4/h5-8,13H,9-10,16H2,1-4H3,(H,18,19)/t13-/m1/s1. The molecule has 106 valence electrons. The van der Waals surface area contributed by atoms with Gasteiger partial charge in [0.05, 0.1) is 0 Å². The molecule has 0 heterocycles. The molecule has 0 saturated heterocycles. The number of carbonyl (C=O) groups is 1. The van der Waals surface area contributed by atoms with Crippen LogP contribution in [0.3, 0.4) is 0 Å². The molecule has 1 aromatic carbocycles. The Morgan fingerprint density at radius 1 is 1.42 bits per heavy atom. The molecule has 4 nitrogen and oxygen atoms in total. The van der Waals surface area contributed by atoms with Crippen molar-refractivity contribution >= 4 is 6.09 Å². The second-order valence-corrected chi connectivity index (χ2v) is 6.02. The first-order chi connectivity index (χ1) is 8.70. The van der Waals surface area contributed by atoms with Crippen LogP contribution >= 0.6 is 0 Å². The molecular weight excluding hydrogens is 240 g/mol. The Hall–Kier alpha value is -1.55. The van der Waals surface area contributed by atoms with Crippen LogP contribution in [-0.2, 0) is 6.42 Å². The van der Waals surface area contributed by atoms with Crippen LogP contribution in [0.1, 0.15) is 31.9 Å². The lowest BCUT2D eigenvalue weighted by atomic mass is 10.0. The molecule has 1 aromatic rings. The summed E-state index contributed by atoms with van der Waals surface area (Å²) in [4.78, 5) is 12.7. The van der Waals surface area contributed by atoms with Crippen LogP contribution < -0.4 is 5.73 Å². The third-order valence-electron chi connectivity index (χ3n) is 3.04. The molecule has 1 amide bonds. The SMILES string of the molecule is Cc1cccc(C[C@@H](N)CN(C(=O)O)C(C)(C)C)c1. The highest BCUT2D eigenvalue weighted by Crippen LogP contribution is 2.15. The monoisotopic (exact) mass is 264 g/mol. The zero-order chi connectivity index (χ0) is 14.6. The van der Waals surface area contributed by atoms with Crippen LogP contribution in [0.5, 0.6) is 0 Å². The van der Waals surface area contributed by atoms with Crippen molar-refractivity contribution in [3.05, 3.63) is 35.4 Å². The van der Waals surface area contributed by atoms with E-state index in [9.17, 15) is 9.90 Å². The van der Waals surface area contributed by atoms with Crippen LogP contribution in [0.25, 0.3) is 0 Å². The highest BCUT2D eigenvalue weighted by Gasteiger charge is 2.27. The van der Waals surface area contributed by atoms with Crippen molar-refractivity contribution in [2.24, 2.45) is 5.73 Å². The maximum absolute atomic E-state index is 11.3. The molecule has 0 aliphatic heterocycles.